The molecule has 2 fully saturated rings. The summed E-state index contributed by atoms with van der Waals surface area (Å²) in [5.41, 5.74) is 1.13. The molecule has 1 aromatic rings. The topological polar surface area (TPSA) is 16.1 Å². The first kappa shape index (κ1) is 10.1. The number of hydrogen-bond acceptors (Lipinski definition) is 2. The lowest BCUT2D eigenvalue weighted by Gasteiger charge is -2.19. The van der Waals surface area contributed by atoms with Crippen molar-refractivity contribution < 1.29 is 0 Å². The Balaban J connectivity index is 1.75. The Morgan fingerprint density at radius 1 is 1.19 bits per heavy atom. The third-order valence-electron chi connectivity index (χ3n) is 4.18. The third kappa shape index (κ3) is 1.70. The van der Waals surface area contributed by atoms with Gasteiger partial charge in [0.1, 0.15) is 5.82 Å². The highest BCUT2D eigenvalue weighted by atomic mass is 15.2. The Morgan fingerprint density at radius 3 is 2.50 bits per heavy atom. The first-order valence-electron chi connectivity index (χ1n) is 6.41. The van der Waals surface area contributed by atoms with Gasteiger partial charge in [-0.05, 0) is 49.7 Å². The number of aryl methyl sites for hydroxylation is 1. The summed E-state index contributed by atoms with van der Waals surface area (Å²) in [4.78, 5) is 7.11. The van der Waals surface area contributed by atoms with Crippen LogP contribution < -0.4 is 4.90 Å². The summed E-state index contributed by atoms with van der Waals surface area (Å²) in [6.07, 6.45) is 2.85. The van der Waals surface area contributed by atoms with Gasteiger partial charge >= 0.3 is 0 Å². The van der Waals surface area contributed by atoms with Crippen LogP contribution in [0.4, 0.5) is 5.82 Å². The van der Waals surface area contributed by atoms with Crippen LogP contribution in [-0.2, 0) is 0 Å². The zero-order valence-corrected chi connectivity index (χ0v) is 10.2. The Bertz CT molecular complexity index is 374. The van der Waals surface area contributed by atoms with Crippen molar-refractivity contribution in [1.82, 2.24) is 4.98 Å². The minimum absolute atomic E-state index is 0.928. The predicted octanol–water partition coefficient (Wildman–Crippen LogP) is 2.87. The predicted molar refractivity (Wildman–Crippen MR) is 66.6 cm³/mol. The fourth-order valence-corrected chi connectivity index (χ4v) is 3.49. The van der Waals surface area contributed by atoms with E-state index < -0.39 is 0 Å². The Labute approximate surface area is 97.7 Å². The summed E-state index contributed by atoms with van der Waals surface area (Å²) >= 11 is 0. The second-order valence-corrected chi connectivity index (χ2v) is 5.64. The SMILES string of the molecule is Cc1cccc(N2CC3CC(C)CC3C2)n1. The van der Waals surface area contributed by atoms with Gasteiger partial charge in [-0.15, -0.1) is 0 Å². The lowest BCUT2D eigenvalue weighted by atomic mass is 10.0. The first-order valence-corrected chi connectivity index (χ1v) is 6.41. The zero-order valence-electron chi connectivity index (χ0n) is 10.2. The highest BCUT2D eigenvalue weighted by Crippen LogP contribution is 2.42. The molecule has 0 radical (unpaired) electrons. The molecule has 1 aliphatic heterocycles. The normalized spacial score (nSPS) is 33.1. The van der Waals surface area contributed by atoms with Gasteiger partial charge in [-0.1, -0.05) is 13.0 Å². The van der Waals surface area contributed by atoms with Gasteiger partial charge in [0.2, 0.25) is 0 Å². The largest absolute Gasteiger partial charge is 0.356 e. The molecule has 2 heteroatoms. The van der Waals surface area contributed by atoms with Gasteiger partial charge in [-0.3, -0.25) is 0 Å². The molecule has 0 N–H and O–H groups in total. The molecule has 2 aliphatic rings. The van der Waals surface area contributed by atoms with Crippen molar-refractivity contribution in [3.05, 3.63) is 23.9 Å². The Kier molecular flexibility index (Phi) is 2.38. The smallest absolute Gasteiger partial charge is 0.128 e. The van der Waals surface area contributed by atoms with Gasteiger partial charge in [0.05, 0.1) is 0 Å². The van der Waals surface area contributed by atoms with Gasteiger partial charge in [0, 0.05) is 18.8 Å². The zero-order chi connectivity index (χ0) is 11.1. The molecule has 1 saturated heterocycles. The fraction of sp³-hybridized carbons (Fsp3) is 0.643. The number of rotatable bonds is 1. The Morgan fingerprint density at radius 2 is 1.88 bits per heavy atom. The van der Waals surface area contributed by atoms with Crippen molar-refractivity contribution in [3.63, 3.8) is 0 Å². The van der Waals surface area contributed by atoms with Crippen LogP contribution in [0.25, 0.3) is 0 Å². The average molecular weight is 216 g/mol. The molecule has 1 aliphatic carbocycles. The van der Waals surface area contributed by atoms with Crippen LogP contribution in [0.3, 0.4) is 0 Å². The molecule has 16 heavy (non-hydrogen) atoms. The maximum Gasteiger partial charge on any atom is 0.128 e. The van der Waals surface area contributed by atoms with Crippen molar-refractivity contribution in [2.75, 3.05) is 18.0 Å². The second kappa shape index (κ2) is 3.76. The van der Waals surface area contributed by atoms with Gasteiger partial charge in [-0.2, -0.15) is 0 Å². The molecule has 3 rings (SSSR count). The number of fused-ring (bicyclic) bond motifs is 1. The van der Waals surface area contributed by atoms with Crippen LogP contribution in [0.15, 0.2) is 18.2 Å². The number of anilines is 1. The summed E-state index contributed by atoms with van der Waals surface area (Å²) in [6, 6.07) is 6.34. The third-order valence-corrected chi connectivity index (χ3v) is 4.18. The molecule has 2 unspecified atom stereocenters. The quantitative estimate of drug-likeness (QED) is 0.717. The van der Waals surface area contributed by atoms with Crippen molar-refractivity contribution in [2.24, 2.45) is 17.8 Å². The van der Waals surface area contributed by atoms with Crippen LogP contribution in [0, 0.1) is 24.7 Å². The van der Waals surface area contributed by atoms with E-state index in [9.17, 15) is 0 Å². The highest BCUT2D eigenvalue weighted by molar-refractivity contribution is 5.41. The van der Waals surface area contributed by atoms with Gasteiger partial charge in [0.25, 0.3) is 0 Å². The standard InChI is InChI=1S/C14H20N2/c1-10-6-12-8-16(9-13(12)7-10)14-5-3-4-11(2)15-14/h3-5,10,12-13H,6-9H2,1-2H3. The van der Waals surface area contributed by atoms with Crippen molar-refractivity contribution >= 4 is 5.82 Å². The summed E-state index contributed by atoms with van der Waals surface area (Å²) < 4.78 is 0. The lowest BCUT2D eigenvalue weighted by molar-refractivity contribution is 0.494. The summed E-state index contributed by atoms with van der Waals surface area (Å²) in [5, 5.41) is 0. The van der Waals surface area contributed by atoms with Crippen molar-refractivity contribution in [3.8, 4) is 0 Å². The van der Waals surface area contributed by atoms with E-state index in [0.29, 0.717) is 0 Å². The lowest BCUT2D eigenvalue weighted by Crippen LogP contribution is -2.22. The van der Waals surface area contributed by atoms with Gasteiger partial charge in [0.15, 0.2) is 0 Å². The molecule has 0 amide bonds. The average Bonchev–Trinajstić information content (AvgIpc) is 2.74. The number of pyridine rings is 1. The molecule has 0 bridgehead atoms. The van der Waals surface area contributed by atoms with E-state index in [4.69, 9.17) is 0 Å². The van der Waals surface area contributed by atoms with E-state index in [2.05, 4.69) is 41.9 Å². The molecule has 2 atom stereocenters. The van der Waals surface area contributed by atoms with Crippen LogP contribution in [0.5, 0.6) is 0 Å². The minimum atomic E-state index is 0.928. The van der Waals surface area contributed by atoms with E-state index in [1.165, 1.54) is 31.7 Å². The van der Waals surface area contributed by atoms with Crippen molar-refractivity contribution in [2.45, 2.75) is 26.7 Å². The molecular formula is C14H20N2. The van der Waals surface area contributed by atoms with E-state index in [0.717, 1.165) is 23.4 Å². The van der Waals surface area contributed by atoms with Crippen LogP contribution in [0.1, 0.15) is 25.5 Å². The van der Waals surface area contributed by atoms with Crippen LogP contribution >= 0.6 is 0 Å². The molecule has 2 heterocycles. The van der Waals surface area contributed by atoms with Crippen LogP contribution in [-0.4, -0.2) is 18.1 Å². The summed E-state index contributed by atoms with van der Waals surface area (Å²) in [7, 11) is 0. The fourth-order valence-electron chi connectivity index (χ4n) is 3.49. The van der Waals surface area contributed by atoms with Gasteiger partial charge in [-0.25, -0.2) is 4.98 Å². The molecule has 1 aromatic heterocycles. The summed E-state index contributed by atoms with van der Waals surface area (Å²) in [6.45, 7) is 6.92. The summed E-state index contributed by atoms with van der Waals surface area (Å²) in [5.74, 6) is 3.99. The molecule has 0 spiro atoms. The van der Waals surface area contributed by atoms with E-state index in [-0.39, 0.29) is 0 Å². The molecular weight excluding hydrogens is 196 g/mol. The molecule has 86 valence electrons. The maximum atomic E-state index is 4.63. The van der Waals surface area contributed by atoms with Gasteiger partial charge < -0.3 is 4.90 Å². The highest BCUT2D eigenvalue weighted by Gasteiger charge is 2.39. The molecule has 1 saturated carbocycles. The van der Waals surface area contributed by atoms with E-state index in [1.54, 1.807) is 0 Å². The Hall–Kier alpha value is -1.05. The number of nitrogens with zero attached hydrogens (tertiary/aromatic N) is 2. The van der Waals surface area contributed by atoms with E-state index >= 15 is 0 Å². The minimum Gasteiger partial charge on any atom is -0.356 e. The monoisotopic (exact) mass is 216 g/mol. The maximum absolute atomic E-state index is 4.63. The second-order valence-electron chi connectivity index (χ2n) is 5.64. The molecule has 2 nitrogen and oxygen atoms in total. The van der Waals surface area contributed by atoms with E-state index in [1.807, 2.05) is 0 Å². The first-order chi connectivity index (χ1) is 7.72. The molecule has 0 aromatic carbocycles. The number of hydrogen-bond donors (Lipinski definition) is 0. The van der Waals surface area contributed by atoms with Crippen LogP contribution in [0.2, 0.25) is 0 Å². The van der Waals surface area contributed by atoms with Crippen molar-refractivity contribution in [1.29, 1.82) is 0 Å². The number of aromatic nitrogens is 1.